The fraction of sp³-hybridized carbons (Fsp3) is 0.300. The van der Waals surface area contributed by atoms with E-state index < -0.39 is 15.6 Å². The molecule has 0 atom stereocenters. The van der Waals surface area contributed by atoms with Gasteiger partial charge in [-0.05, 0) is 56.0 Å². The van der Waals surface area contributed by atoms with Gasteiger partial charge in [-0.1, -0.05) is 37.3 Å². The van der Waals surface area contributed by atoms with Gasteiger partial charge in [-0.15, -0.1) is 0 Å². The number of aryl methyl sites for hydroxylation is 1. The first-order valence-corrected chi connectivity index (χ1v) is 9.97. The standard InChI is InChI=1S/C20H24N2O2S/c1-4-15-9-11-17(12-10-15)25(23,24)22-20(2,3)13-16-14-21-19-8-6-5-7-18(16)19/h5-12,14,21-22H,4,13H2,1-3H3. The van der Waals surface area contributed by atoms with E-state index in [2.05, 4.69) is 15.8 Å². The number of hydrogen-bond donors (Lipinski definition) is 2. The predicted molar refractivity (Wildman–Crippen MR) is 102 cm³/mol. The summed E-state index contributed by atoms with van der Waals surface area (Å²) in [5.74, 6) is 0. The van der Waals surface area contributed by atoms with Crippen molar-refractivity contribution in [1.82, 2.24) is 9.71 Å². The van der Waals surface area contributed by atoms with E-state index in [-0.39, 0.29) is 0 Å². The summed E-state index contributed by atoms with van der Waals surface area (Å²) in [5, 5.41) is 1.13. The number of H-pyrrole nitrogens is 1. The van der Waals surface area contributed by atoms with Crippen LogP contribution in [0.2, 0.25) is 0 Å². The zero-order valence-corrected chi connectivity index (χ0v) is 15.7. The van der Waals surface area contributed by atoms with Gasteiger partial charge < -0.3 is 4.98 Å². The van der Waals surface area contributed by atoms with E-state index in [0.29, 0.717) is 11.3 Å². The Morgan fingerprint density at radius 2 is 1.72 bits per heavy atom. The van der Waals surface area contributed by atoms with Gasteiger partial charge in [-0.3, -0.25) is 0 Å². The molecule has 5 heteroatoms. The number of hydrogen-bond acceptors (Lipinski definition) is 2. The molecule has 2 aromatic carbocycles. The number of benzene rings is 2. The van der Waals surface area contributed by atoms with Gasteiger partial charge >= 0.3 is 0 Å². The molecule has 2 N–H and O–H groups in total. The van der Waals surface area contributed by atoms with Crippen molar-refractivity contribution in [2.24, 2.45) is 0 Å². The van der Waals surface area contributed by atoms with Gasteiger partial charge in [0.25, 0.3) is 0 Å². The highest BCUT2D eigenvalue weighted by molar-refractivity contribution is 7.89. The first-order valence-electron chi connectivity index (χ1n) is 8.49. The number of aromatic nitrogens is 1. The summed E-state index contributed by atoms with van der Waals surface area (Å²) < 4.78 is 28.3. The molecule has 1 aromatic heterocycles. The molecule has 3 rings (SSSR count). The smallest absolute Gasteiger partial charge is 0.241 e. The maximum atomic E-state index is 12.7. The number of fused-ring (bicyclic) bond motifs is 1. The minimum Gasteiger partial charge on any atom is -0.361 e. The van der Waals surface area contributed by atoms with Gasteiger partial charge in [0.1, 0.15) is 0 Å². The summed E-state index contributed by atoms with van der Waals surface area (Å²) in [5.41, 5.74) is 2.68. The van der Waals surface area contributed by atoms with Crippen molar-refractivity contribution < 1.29 is 8.42 Å². The van der Waals surface area contributed by atoms with Crippen LogP contribution in [0, 0.1) is 0 Å². The lowest BCUT2D eigenvalue weighted by atomic mass is 9.96. The second kappa shape index (κ2) is 6.65. The largest absolute Gasteiger partial charge is 0.361 e. The molecular weight excluding hydrogens is 332 g/mol. The Morgan fingerprint density at radius 1 is 1.04 bits per heavy atom. The van der Waals surface area contributed by atoms with Crippen LogP contribution in [-0.4, -0.2) is 18.9 Å². The molecular formula is C20H24N2O2S. The van der Waals surface area contributed by atoms with E-state index in [4.69, 9.17) is 0 Å². The van der Waals surface area contributed by atoms with Crippen LogP contribution in [0.3, 0.4) is 0 Å². The van der Waals surface area contributed by atoms with Gasteiger partial charge in [-0.2, -0.15) is 0 Å². The predicted octanol–water partition coefficient (Wildman–Crippen LogP) is 4.03. The van der Waals surface area contributed by atoms with Crippen molar-refractivity contribution in [3.8, 4) is 0 Å². The molecule has 0 bridgehead atoms. The number of nitrogens with one attached hydrogen (secondary N) is 2. The average molecular weight is 356 g/mol. The van der Waals surface area contributed by atoms with Crippen molar-refractivity contribution in [3.05, 3.63) is 65.9 Å². The van der Waals surface area contributed by atoms with Crippen LogP contribution in [-0.2, 0) is 22.9 Å². The fourth-order valence-corrected chi connectivity index (χ4v) is 4.53. The Bertz CT molecular complexity index is 970. The van der Waals surface area contributed by atoms with Gasteiger partial charge in [-0.25, -0.2) is 13.1 Å². The first-order chi connectivity index (χ1) is 11.8. The Hall–Kier alpha value is -2.11. The number of aromatic amines is 1. The first kappa shape index (κ1) is 17.7. The summed E-state index contributed by atoms with van der Waals surface area (Å²) in [6, 6.07) is 15.1. The molecule has 0 aliphatic carbocycles. The van der Waals surface area contributed by atoms with E-state index in [1.807, 2.05) is 57.3 Å². The molecule has 4 nitrogen and oxygen atoms in total. The van der Waals surface area contributed by atoms with E-state index in [1.165, 1.54) is 0 Å². The van der Waals surface area contributed by atoms with Gasteiger partial charge in [0, 0.05) is 22.6 Å². The number of para-hydroxylation sites is 1. The molecule has 25 heavy (non-hydrogen) atoms. The topological polar surface area (TPSA) is 62.0 Å². The third kappa shape index (κ3) is 3.94. The lowest BCUT2D eigenvalue weighted by Crippen LogP contribution is -2.44. The molecule has 132 valence electrons. The molecule has 0 saturated carbocycles. The maximum Gasteiger partial charge on any atom is 0.241 e. The monoisotopic (exact) mass is 356 g/mol. The summed E-state index contributed by atoms with van der Waals surface area (Å²) >= 11 is 0. The highest BCUT2D eigenvalue weighted by Crippen LogP contribution is 2.24. The Morgan fingerprint density at radius 3 is 2.40 bits per heavy atom. The summed E-state index contributed by atoms with van der Waals surface area (Å²) in [4.78, 5) is 3.54. The highest BCUT2D eigenvalue weighted by atomic mass is 32.2. The molecule has 0 aliphatic rings. The third-order valence-corrected chi connectivity index (χ3v) is 6.07. The molecule has 0 fully saturated rings. The van der Waals surface area contributed by atoms with Crippen LogP contribution >= 0.6 is 0 Å². The molecule has 0 amide bonds. The molecule has 0 saturated heterocycles. The Kier molecular flexibility index (Phi) is 4.71. The van der Waals surface area contributed by atoms with Crippen molar-refractivity contribution in [1.29, 1.82) is 0 Å². The van der Waals surface area contributed by atoms with Crippen LogP contribution in [0.4, 0.5) is 0 Å². The second-order valence-electron chi connectivity index (χ2n) is 7.02. The van der Waals surface area contributed by atoms with Crippen LogP contribution in [0.15, 0.2) is 59.6 Å². The molecule has 0 spiro atoms. The SMILES string of the molecule is CCc1ccc(S(=O)(=O)NC(C)(C)Cc2c[nH]c3ccccc23)cc1. The minimum atomic E-state index is -3.56. The zero-order valence-electron chi connectivity index (χ0n) is 14.8. The average Bonchev–Trinajstić information content (AvgIpc) is 2.96. The van der Waals surface area contributed by atoms with Crippen LogP contribution in [0.5, 0.6) is 0 Å². The second-order valence-corrected chi connectivity index (χ2v) is 8.71. The maximum absolute atomic E-state index is 12.7. The molecule has 3 aromatic rings. The third-order valence-electron chi connectivity index (χ3n) is 4.36. The van der Waals surface area contributed by atoms with E-state index >= 15 is 0 Å². The van der Waals surface area contributed by atoms with E-state index in [0.717, 1.165) is 28.5 Å². The molecule has 0 radical (unpaired) electrons. The summed E-state index contributed by atoms with van der Waals surface area (Å²) in [6.07, 6.45) is 3.44. The van der Waals surface area contributed by atoms with Gasteiger partial charge in [0.2, 0.25) is 10.0 Å². The van der Waals surface area contributed by atoms with Crippen LogP contribution < -0.4 is 4.72 Å². The quantitative estimate of drug-likeness (QED) is 0.700. The summed E-state index contributed by atoms with van der Waals surface area (Å²) in [7, 11) is -3.56. The van der Waals surface area contributed by atoms with Gasteiger partial charge in [0.15, 0.2) is 0 Å². The molecule has 1 heterocycles. The van der Waals surface area contributed by atoms with Crippen molar-refractivity contribution in [3.63, 3.8) is 0 Å². The van der Waals surface area contributed by atoms with Crippen LogP contribution in [0.1, 0.15) is 31.9 Å². The fourth-order valence-electron chi connectivity index (χ4n) is 3.12. The Labute approximate surface area is 149 Å². The lowest BCUT2D eigenvalue weighted by Gasteiger charge is -2.26. The van der Waals surface area contributed by atoms with E-state index in [9.17, 15) is 8.42 Å². The van der Waals surface area contributed by atoms with Crippen molar-refractivity contribution in [2.45, 2.75) is 44.0 Å². The highest BCUT2D eigenvalue weighted by Gasteiger charge is 2.27. The summed E-state index contributed by atoms with van der Waals surface area (Å²) in [6.45, 7) is 5.87. The normalized spacial score (nSPS) is 12.6. The minimum absolute atomic E-state index is 0.303. The molecule has 0 unspecified atom stereocenters. The van der Waals surface area contributed by atoms with Gasteiger partial charge in [0.05, 0.1) is 4.90 Å². The van der Waals surface area contributed by atoms with Crippen molar-refractivity contribution >= 4 is 20.9 Å². The number of rotatable bonds is 6. The number of sulfonamides is 1. The van der Waals surface area contributed by atoms with E-state index in [1.54, 1.807) is 12.1 Å². The Balaban J connectivity index is 1.82. The van der Waals surface area contributed by atoms with Crippen LogP contribution in [0.25, 0.3) is 10.9 Å². The molecule has 0 aliphatic heterocycles. The van der Waals surface area contributed by atoms with Crippen molar-refractivity contribution in [2.75, 3.05) is 0 Å². The zero-order chi connectivity index (χ0) is 18.1. The lowest BCUT2D eigenvalue weighted by molar-refractivity contribution is 0.451.